The molecule has 0 aliphatic heterocycles. The van der Waals surface area contributed by atoms with E-state index in [2.05, 4.69) is 15.3 Å². The molecule has 17 heavy (non-hydrogen) atoms. The van der Waals surface area contributed by atoms with Crippen molar-refractivity contribution in [3.05, 3.63) is 41.2 Å². The number of hydrogen-bond acceptors (Lipinski definition) is 3. The molecule has 0 spiro atoms. The Balaban J connectivity index is 2.38. The Kier molecular flexibility index (Phi) is 3.59. The van der Waals surface area contributed by atoms with Crippen LogP contribution in [0.3, 0.4) is 0 Å². The Morgan fingerprint density at radius 3 is 2.82 bits per heavy atom. The second-order valence-corrected chi connectivity index (χ2v) is 4.19. The summed E-state index contributed by atoms with van der Waals surface area (Å²) in [5.41, 5.74) is 2.87. The van der Waals surface area contributed by atoms with Gasteiger partial charge in [0.1, 0.15) is 5.82 Å². The van der Waals surface area contributed by atoms with Crippen molar-refractivity contribution in [2.45, 2.75) is 13.8 Å². The summed E-state index contributed by atoms with van der Waals surface area (Å²) >= 11 is 6.10. The highest BCUT2D eigenvalue weighted by Gasteiger charge is 2.03. The van der Waals surface area contributed by atoms with E-state index >= 15 is 0 Å². The van der Waals surface area contributed by atoms with E-state index in [9.17, 15) is 0 Å². The zero-order valence-electron chi connectivity index (χ0n) is 9.87. The van der Waals surface area contributed by atoms with Gasteiger partial charge in [-0.15, -0.1) is 0 Å². The number of nitrogens with one attached hydrogen (secondary N) is 1. The zero-order valence-corrected chi connectivity index (χ0v) is 10.6. The maximum absolute atomic E-state index is 6.10. The van der Waals surface area contributed by atoms with Gasteiger partial charge in [0, 0.05) is 17.1 Å². The maximum Gasteiger partial charge on any atom is 0.145 e. The second-order valence-electron chi connectivity index (χ2n) is 3.78. The first-order chi connectivity index (χ1) is 8.20. The van der Waals surface area contributed by atoms with E-state index in [4.69, 9.17) is 11.6 Å². The summed E-state index contributed by atoms with van der Waals surface area (Å²) in [5.74, 6) is 0.779. The summed E-state index contributed by atoms with van der Waals surface area (Å²) in [6.07, 6.45) is 3.45. The van der Waals surface area contributed by atoms with Gasteiger partial charge in [-0.1, -0.05) is 23.7 Å². The fourth-order valence-electron chi connectivity index (χ4n) is 1.52. The Hall–Kier alpha value is -1.61. The molecule has 88 valence electrons. The normalized spacial score (nSPS) is 10.3. The molecule has 0 saturated carbocycles. The zero-order chi connectivity index (χ0) is 12.3. The monoisotopic (exact) mass is 247 g/mol. The molecule has 0 aliphatic rings. The number of anilines is 1. The van der Waals surface area contributed by atoms with Crippen LogP contribution < -0.4 is 5.32 Å². The lowest BCUT2D eigenvalue weighted by atomic mass is 10.1. The third-order valence-electron chi connectivity index (χ3n) is 2.46. The van der Waals surface area contributed by atoms with Gasteiger partial charge >= 0.3 is 0 Å². The van der Waals surface area contributed by atoms with Gasteiger partial charge in [-0.3, -0.25) is 4.98 Å². The van der Waals surface area contributed by atoms with Gasteiger partial charge in [0.25, 0.3) is 0 Å². The number of benzene rings is 1. The molecular formula is C13H14ClN3. The molecule has 4 heteroatoms. The SMILES string of the molecule is CCNc1cncc(-c2ccc(C)c(Cl)c2)n1. The molecule has 1 aromatic carbocycles. The lowest BCUT2D eigenvalue weighted by molar-refractivity contribution is 1.12. The van der Waals surface area contributed by atoms with Crippen LogP contribution in [0.5, 0.6) is 0 Å². The van der Waals surface area contributed by atoms with Crippen LogP contribution in [0.15, 0.2) is 30.6 Å². The van der Waals surface area contributed by atoms with Crippen molar-refractivity contribution in [1.29, 1.82) is 0 Å². The molecule has 3 nitrogen and oxygen atoms in total. The summed E-state index contributed by atoms with van der Waals surface area (Å²) in [5, 5.41) is 3.89. The predicted octanol–water partition coefficient (Wildman–Crippen LogP) is 3.54. The van der Waals surface area contributed by atoms with E-state index in [1.807, 2.05) is 32.0 Å². The fraction of sp³-hybridized carbons (Fsp3) is 0.231. The van der Waals surface area contributed by atoms with Gasteiger partial charge in [-0.25, -0.2) is 4.98 Å². The first-order valence-corrected chi connectivity index (χ1v) is 5.91. The molecule has 0 aliphatic carbocycles. The minimum absolute atomic E-state index is 0.748. The van der Waals surface area contributed by atoms with Gasteiger partial charge in [-0.05, 0) is 25.5 Å². The summed E-state index contributed by atoms with van der Waals surface area (Å²) in [4.78, 5) is 8.63. The molecule has 1 heterocycles. The highest BCUT2D eigenvalue weighted by molar-refractivity contribution is 6.31. The van der Waals surface area contributed by atoms with Crippen molar-refractivity contribution in [2.24, 2.45) is 0 Å². The van der Waals surface area contributed by atoms with Crippen LogP contribution in [0.2, 0.25) is 5.02 Å². The standard InChI is InChI=1S/C13H14ClN3/c1-3-16-13-8-15-7-12(17-13)10-5-4-9(2)11(14)6-10/h4-8H,3H2,1-2H3,(H,16,17). The fourth-order valence-corrected chi connectivity index (χ4v) is 1.70. The van der Waals surface area contributed by atoms with Crippen LogP contribution >= 0.6 is 11.6 Å². The van der Waals surface area contributed by atoms with Crippen molar-refractivity contribution in [3.63, 3.8) is 0 Å². The van der Waals surface area contributed by atoms with Crippen LogP contribution in [-0.2, 0) is 0 Å². The van der Waals surface area contributed by atoms with E-state index in [0.29, 0.717) is 0 Å². The Bertz CT molecular complexity index is 526. The third-order valence-corrected chi connectivity index (χ3v) is 2.87. The highest BCUT2D eigenvalue weighted by Crippen LogP contribution is 2.24. The molecule has 0 amide bonds. The van der Waals surface area contributed by atoms with Crippen molar-refractivity contribution >= 4 is 17.4 Å². The van der Waals surface area contributed by atoms with Gasteiger partial charge in [-0.2, -0.15) is 0 Å². The topological polar surface area (TPSA) is 37.8 Å². The largest absolute Gasteiger partial charge is 0.369 e. The molecule has 0 unspecified atom stereocenters. The molecular weight excluding hydrogens is 234 g/mol. The minimum atomic E-state index is 0.748. The molecule has 0 bridgehead atoms. The first kappa shape index (κ1) is 11.9. The molecule has 0 atom stereocenters. The number of rotatable bonds is 3. The van der Waals surface area contributed by atoms with E-state index < -0.39 is 0 Å². The van der Waals surface area contributed by atoms with Gasteiger partial charge in [0.2, 0.25) is 0 Å². The molecule has 2 rings (SSSR count). The Morgan fingerprint density at radius 1 is 1.29 bits per heavy atom. The third kappa shape index (κ3) is 2.74. The van der Waals surface area contributed by atoms with E-state index in [1.54, 1.807) is 12.4 Å². The lowest BCUT2D eigenvalue weighted by Crippen LogP contribution is -2.00. The second kappa shape index (κ2) is 5.15. The first-order valence-electron chi connectivity index (χ1n) is 5.53. The minimum Gasteiger partial charge on any atom is -0.369 e. The average Bonchev–Trinajstić information content (AvgIpc) is 2.33. The van der Waals surface area contributed by atoms with Gasteiger partial charge < -0.3 is 5.32 Å². The van der Waals surface area contributed by atoms with Crippen molar-refractivity contribution in [1.82, 2.24) is 9.97 Å². The lowest BCUT2D eigenvalue weighted by Gasteiger charge is -2.06. The molecule has 0 radical (unpaired) electrons. The van der Waals surface area contributed by atoms with Crippen molar-refractivity contribution in [2.75, 3.05) is 11.9 Å². The van der Waals surface area contributed by atoms with Gasteiger partial charge in [0.05, 0.1) is 18.1 Å². The van der Waals surface area contributed by atoms with Crippen LogP contribution in [0.25, 0.3) is 11.3 Å². The van der Waals surface area contributed by atoms with Gasteiger partial charge in [0.15, 0.2) is 0 Å². The predicted molar refractivity (Wildman–Crippen MR) is 71.4 cm³/mol. The van der Waals surface area contributed by atoms with E-state index in [1.165, 1.54) is 0 Å². The number of hydrogen-bond donors (Lipinski definition) is 1. The maximum atomic E-state index is 6.10. The van der Waals surface area contributed by atoms with Crippen molar-refractivity contribution in [3.8, 4) is 11.3 Å². The van der Waals surface area contributed by atoms with E-state index in [-0.39, 0.29) is 0 Å². The van der Waals surface area contributed by atoms with Crippen molar-refractivity contribution < 1.29 is 0 Å². The molecule has 1 aromatic heterocycles. The van der Waals surface area contributed by atoms with E-state index in [0.717, 1.165) is 34.2 Å². The van der Waals surface area contributed by atoms with Crippen LogP contribution in [0.1, 0.15) is 12.5 Å². The smallest absolute Gasteiger partial charge is 0.145 e. The van der Waals surface area contributed by atoms with Crippen LogP contribution in [0.4, 0.5) is 5.82 Å². The highest BCUT2D eigenvalue weighted by atomic mass is 35.5. The number of aromatic nitrogens is 2. The number of nitrogens with zero attached hydrogens (tertiary/aromatic N) is 2. The molecule has 0 fully saturated rings. The Morgan fingerprint density at radius 2 is 2.12 bits per heavy atom. The summed E-state index contributed by atoms with van der Waals surface area (Å²) in [6, 6.07) is 5.90. The molecule has 1 N–H and O–H groups in total. The summed E-state index contributed by atoms with van der Waals surface area (Å²) in [7, 11) is 0. The number of aryl methyl sites for hydroxylation is 1. The molecule has 2 aromatic rings. The summed E-state index contributed by atoms with van der Waals surface area (Å²) < 4.78 is 0. The Labute approximate surface area is 106 Å². The summed E-state index contributed by atoms with van der Waals surface area (Å²) in [6.45, 7) is 4.83. The number of halogens is 1. The quantitative estimate of drug-likeness (QED) is 0.902. The molecule has 0 saturated heterocycles. The van der Waals surface area contributed by atoms with Crippen LogP contribution in [0, 0.1) is 6.92 Å². The average molecular weight is 248 g/mol. The van der Waals surface area contributed by atoms with Crippen LogP contribution in [-0.4, -0.2) is 16.5 Å².